The molecule has 3 aromatic carbocycles. The molecular weight excluding hydrogens is 504 g/mol. The first-order valence-electron chi connectivity index (χ1n) is 7.73. The van der Waals surface area contributed by atoms with Crippen molar-refractivity contribution in [2.24, 2.45) is 0 Å². The fourth-order valence-electron chi connectivity index (χ4n) is 1.17. The SMILES string of the molecule is CCCC[S-].[Pb].[c]1ccccc1.[c]1ccccc1.[c]1ccccc1. The van der Waals surface area contributed by atoms with Gasteiger partial charge in [-0.1, -0.05) is 111 Å². The third kappa shape index (κ3) is 23.2. The van der Waals surface area contributed by atoms with Crippen molar-refractivity contribution in [3.8, 4) is 0 Å². The van der Waals surface area contributed by atoms with Gasteiger partial charge in [-0.15, -0.1) is 0 Å². The monoisotopic (exact) mass is 528 g/mol. The molecule has 0 aromatic heterocycles. The predicted molar refractivity (Wildman–Crippen MR) is 109 cm³/mol. The van der Waals surface area contributed by atoms with Gasteiger partial charge < -0.3 is 12.6 Å². The van der Waals surface area contributed by atoms with Crippen LogP contribution in [0.2, 0.25) is 0 Å². The number of hydrogen-bond donors (Lipinski definition) is 0. The van der Waals surface area contributed by atoms with Crippen LogP contribution >= 0.6 is 0 Å². The smallest absolute Gasteiger partial charge is 0 e. The molecule has 0 fully saturated rings. The van der Waals surface area contributed by atoms with E-state index in [9.17, 15) is 0 Å². The number of hydrogen-bond acceptors (Lipinski definition) is 1. The molecular formula is C22H24PbS-. The van der Waals surface area contributed by atoms with E-state index in [0.29, 0.717) is 0 Å². The molecule has 0 saturated carbocycles. The number of unbranched alkanes of at least 4 members (excludes halogenated alkanes) is 1. The molecule has 0 unspecified atom stereocenters. The van der Waals surface area contributed by atoms with Crippen molar-refractivity contribution < 1.29 is 0 Å². The predicted octanol–water partition coefficient (Wildman–Crippen LogP) is 5.41. The maximum Gasteiger partial charge on any atom is 0 e. The van der Waals surface area contributed by atoms with Gasteiger partial charge in [0.05, 0.1) is 0 Å². The zero-order valence-electron chi connectivity index (χ0n) is 14.2. The molecule has 0 saturated heterocycles. The largest absolute Gasteiger partial charge is 0.793 e. The van der Waals surface area contributed by atoms with Gasteiger partial charge in [0.1, 0.15) is 0 Å². The second-order valence-corrected chi connectivity index (χ2v) is 4.70. The normalized spacial score (nSPS) is 7.75. The van der Waals surface area contributed by atoms with Crippen molar-refractivity contribution in [2.75, 3.05) is 5.75 Å². The second-order valence-electron chi connectivity index (χ2n) is 4.29. The summed E-state index contributed by atoms with van der Waals surface area (Å²) in [6.07, 6.45) is 2.44. The van der Waals surface area contributed by atoms with E-state index in [1.54, 1.807) is 0 Å². The summed E-state index contributed by atoms with van der Waals surface area (Å²) in [7, 11) is 0. The minimum absolute atomic E-state index is 0. The van der Waals surface area contributed by atoms with Crippen molar-refractivity contribution in [1.29, 1.82) is 0 Å². The summed E-state index contributed by atoms with van der Waals surface area (Å²) in [5.74, 6) is 0.927. The molecule has 0 nitrogen and oxygen atoms in total. The van der Waals surface area contributed by atoms with E-state index in [1.807, 2.05) is 91.0 Å². The Morgan fingerprint density at radius 1 is 0.583 bits per heavy atom. The van der Waals surface area contributed by atoms with Crippen LogP contribution in [0.25, 0.3) is 0 Å². The van der Waals surface area contributed by atoms with Gasteiger partial charge in [0, 0.05) is 27.3 Å². The van der Waals surface area contributed by atoms with Crippen LogP contribution in [0.5, 0.6) is 0 Å². The van der Waals surface area contributed by atoms with E-state index >= 15 is 0 Å². The van der Waals surface area contributed by atoms with E-state index in [0.717, 1.165) is 5.75 Å². The molecule has 0 heterocycles. The van der Waals surface area contributed by atoms with Gasteiger partial charge in [-0.25, -0.2) is 0 Å². The Morgan fingerprint density at radius 3 is 0.917 bits per heavy atom. The van der Waals surface area contributed by atoms with Crippen LogP contribution < -0.4 is 0 Å². The standard InChI is InChI=1S/3C6H5.C4H10S.Pb/c3*1-2-4-6-5-3-1;1-2-3-4-5;/h3*1-5H;5H,2-4H2,1H3;/p-1. The van der Waals surface area contributed by atoms with Crippen molar-refractivity contribution in [2.45, 2.75) is 19.8 Å². The molecule has 0 aliphatic rings. The van der Waals surface area contributed by atoms with Gasteiger partial charge in [0.2, 0.25) is 0 Å². The molecule has 0 atom stereocenters. The topological polar surface area (TPSA) is 0 Å². The maximum absolute atomic E-state index is 4.65. The summed E-state index contributed by atoms with van der Waals surface area (Å²) >= 11 is 4.65. The Kier molecular flexibility index (Phi) is 25.4. The van der Waals surface area contributed by atoms with Crippen molar-refractivity contribution in [3.05, 3.63) is 109 Å². The molecule has 0 N–H and O–H groups in total. The molecule has 7 radical (unpaired) electrons. The summed E-state index contributed by atoms with van der Waals surface area (Å²) in [6.45, 7) is 2.15. The summed E-state index contributed by atoms with van der Waals surface area (Å²) in [5, 5.41) is 0. The minimum Gasteiger partial charge on any atom is -0.793 e. The average Bonchev–Trinajstić information content (AvgIpc) is 2.68. The summed E-state index contributed by atoms with van der Waals surface area (Å²) in [6, 6.07) is 37.5. The summed E-state index contributed by atoms with van der Waals surface area (Å²) in [5.41, 5.74) is 0. The van der Waals surface area contributed by atoms with E-state index in [2.05, 4.69) is 37.8 Å². The average molecular weight is 528 g/mol. The number of rotatable bonds is 2. The van der Waals surface area contributed by atoms with Crippen LogP contribution in [0.15, 0.2) is 91.0 Å². The Hall–Kier alpha value is -1.07. The van der Waals surface area contributed by atoms with Crippen LogP contribution in [-0.4, -0.2) is 33.1 Å². The Labute approximate surface area is 173 Å². The fraction of sp³-hybridized carbons (Fsp3) is 0.182. The molecule has 24 heavy (non-hydrogen) atoms. The first-order valence-corrected chi connectivity index (χ1v) is 8.31. The first kappa shape index (κ1) is 25.2. The summed E-state index contributed by atoms with van der Waals surface area (Å²) in [4.78, 5) is 0. The zero-order chi connectivity index (χ0) is 16.8. The van der Waals surface area contributed by atoms with Gasteiger partial charge in [-0.2, -0.15) is 5.75 Å². The maximum atomic E-state index is 4.65. The van der Waals surface area contributed by atoms with Gasteiger partial charge in [0.15, 0.2) is 0 Å². The summed E-state index contributed by atoms with van der Waals surface area (Å²) < 4.78 is 0. The van der Waals surface area contributed by atoms with Crippen molar-refractivity contribution in [3.63, 3.8) is 0 Å². The molecule has 0 amide bonds. The molecule has 0 bridgehead atoms. The van der Waals surface area contributed by atoms with Crippen LogP contribution in [0.1, 0.15) is 19.8 Å². The van der Waals surface area contributed by atoms with Crippen LogP contribution in [-0.2, 0) is 12.6 Å². The van der Waals surface area contributed by atoms with E-state index in [1.165, 1.54) is 12.8 Å². The molecule has 0 aliphatic heterocycles. The van der Waals surface area contributed by atoms with Gasteiger partial charge in [-0.3, -0.25) is 0 Å². The van der Waals surface area contributed by atoms with E-state index in [4.69, 9.17) is 0 Å². The molecule has 123 valence electrons. The molecule has 0 aliphatic carbocycles. The Morgan fingerprint density at radius 2 is 0.875 bits per heavy atom. The van der Waals surface area contributed by atoms with E-state index in [-0.39, 0.29) is 27.3 Å². The van der Waals surface area contributed by atoms with Crippen molar-refractivity contribution >= 4 is 39.9 Å². The molecule has 0 spiro atoms. The number of benzene rings is 3. The second kappa shape index (κ2) is 24.2. The minimum atomic E-state index is 0. The van der Waals surface area contributed by atoms with Crippen LogP contribution in [0.3, 0.4) is 0 Å². The molecule has 3 aromatic rings. The Bertz CT molecular complexity index is 343. The first-order chi connectivity index (χ1) is 11.4. The fourth-order valence-corrected chi connectivity index (χ4v) is 1.46. The zero-order valence-corrected chi connectivity index (χ0v) is 18.9. The quantitative estimate of drug-likeness (QED) is 0.317. The van der Waals surface area contributed by atoms with Crippen LogP contribution in [0, 0.1) is 18.2 Å². The molecule has 3 rings (SSSR count). The Balaban J connectivity index is 0. The third-order valence-electron chi connectivity index (χ3n) is 2.32. The van der Waals surface area contributed by atoms with E-state index < -0.39 is 0 Å². The van der Waals surface area contributed by atoms with Gasteiger partial charge in [0.25, 0.3) is 0 Å². The third-order valence-corrected chi connectivity index (χ3v) is 2.61. The van der Waals surface area contributed by atoms with Crippen molar-refractivity contribution in [1.82, 2.24) is 0 Å². The van der Waals surface area contributed by atoms with Gasteiger partial charge >= 0.3 is 0 Å². The molecule has 2 heteroatoms. The van der Waals surface area contributed by atoms with Crippen LogP contribution in [0.4, 0.5) is 0 Å². The van der Waals surface area contributed by atoms with Gasteiger partial charge in [-0.05, 0) is 18.2 Å².